The van der Waals surface area contributed by atoms with Gasteiger partial charge in [0.15, 0.2) is 0 Å². The van der Waals surface area contributed by atoms with Crippen molar-refractivity contribution < 1.29 is 0 Å². The standard InChI is InChI=1S/C40H27PSe/c42-41(30-12-3-1-4-13-30,31-14-5-2-6-15-31)32-22-19-29(20-23-32)39-27-40-37-24-21-28-11-7-8-16-33(28)36(37)25-26-38(40)34-17-9-10-18-35(34)39/h1-27H. The summed E-state index contributed by atoms with van der Waals surface area (Å²) in [5, 5.41) is 14.4. The molecule has 0 fully saturated rings. The van der Waals surface area contributed by atoms with Gasteiger partial charge in [0, 0.05) is 0 Å². The number of hydrogen-bond donors (Lipinski definition) is 0. The fourth-order valence-electron chi connectivity index (χ4n) is 6.49. The summed E-state index contributed by atoms with van der Waals surface area (Å²) in [6.45, 7) is 0. The van der Waals surface area contributed by atoms with Gasteiger partial charge in [-0.25, -0.2) is 0 Å². The van der Waals surface area contributed by atoms with Crippen molar-refractivity contribution in [1.82, 2.24) is 0 Å². The Kier molecular flexibility index (Phi) is 6.20. The van der Waals surface area contributed by atoms with Crippen LogP contribution >= 0.6 is 5.51 Å². The van der Waals surface area contributed by atoms with Crippen LogP contribution < -0.4 is 15.9 Å². The van der Waals surface area contributed by atoms with Crippen molar-refractivity contribution in [2.75, 3.05) is 0 Å². The van der Waals surface area contributed by atoms with Gasteiger partial charge in [-0.2, -0.15) is 0 Å². The predicted octanol–water partition coefficient (Wildman–Crippen LogP) is 9.34. The Hall–Kier alpha value is -4.25. The van der Waals surface area contributed by atoms with Gasteiger partial charge in [0.1, 0.15) is 0 Å². The van der Waals surface area contributed by atoms with Gasteiger partial charge >= 0.3 is 236 Å². The first-order valence-corrected chi connectivity index (χ1v) is 18.3. The molecule has 8 aromatic rings. The fourth-order valence-corrected chi connectivity index (χ4v) is 11.4. The van der Waals surface area contributed by atoms with Crippen LogP contribution in [-0.2, 0) is 0 Å². The molecule has 0 N–H and O–H groups in total. The molecular formula is C40H27PSe. The molecule has 42 heavy (non-hydrogen) atoms. The summed E-state index contributed by atoms with van der Waals surface area (Å²) in [7, 11) is 0. The molecule has 0 bridgehead atoms. The zero-order valence-corrected chi connectivity index (χ0v) is 25.6. The Morgan fingerprint density at radius 3 is 1.43 bits per heavy atom. The van der Waals surface area contributed by atoms with Crippen molar-refractivity contribution in [3.05, 3.63) is 164 Å². The van der Waals surface area contributed by atoms with Crippen molar-refractivity contribution in [2.24, 2.45) is 0 Å². The third-order valence-corrected chi connectivity index (χ3v) is 15.6. The minimum atomic E-state index is -1.91. The average molecular weight is 618 g/mol. The van der Waals surface area contributed by atoms with Crippen LogP contribution in [0.1, 0.15) is 0 Å². The molecule has 0 heterocycles. The van der Waals surface area contributed by atoms with Crippen molar-refractivity contribution in [2.45, 2.75) is 0 Å². The molecule has 0 radical (unpaired) electrons. The van der Waals surface area contributed by atoms with E-state index in [1.165, 1.54) is 70.1 Å². The quantitative estimate of drug-likeness (QED) is 0.105. The number of fused-ring (bicyclic) bond motifs is 7. The Morgan fingerprint density at radius 2 is 0.786 bits per heavy atom. The maximum absolute atomic E-state index is 3.70. The number of rotatable bonds is 4. The van der Waals surface area contributed by atoms with E-state index in [9.17, 15) is 0 Å². The van der Waals surface area contributed by atoms with Gasteiger partial charge in [0.05, 0.1) is 0 Å². The van der Waals surface area contributed by atoms with E-state index < -0.39 is 5.51 Å². The Balaban J connectivity index is 1.35. The van der Waals surface area contributed by atoms with E-state index in [1.807, 2.05) is 0 Å². The van der Waals surface area contributed by atoms with Crippen molar-refractivity contribution in [3.8, 4) is 11.1 Å². The van der Waals surface area contributed by atoms with Crippen LogP contribution in [0.2, 0.25) is 0 Å². The normalized spacial score (nSPS) is 11.9. The second-order valence-electron chi connectivity index (χ2n) is 10.8. The molecular weight excluding hydrogens is 590 g/mol. The summed E-state index contributed by atoms with van der Waals surface area (Å²) in [5.74, 6) is 0. The van der Waals surface area contributed by atoms with E-state index >= 15 is 0 Å². The summed E-state index contributed by atoms with van der Waals surface area (Å²) < 4.78 is 0. The molecule has 0 unspecified atom stereocenters. The molecule has 0 aliphatic rings. The first-order chi connectivity index (χ1) is 20.7. The van der Waals surface area contributed by atoms with E-state index in [2.05, 4.69) is 179 Å². The third kappa shape index (κ3) is 4.01. The first-order valence-electron chi connectivity index (χ1n) is 14.3. The molecule has 0 nitrogen and oxygen atoms in total. The molecule has 8 rings (SSSR count). The number of benzene rings is 8. The zero-order valence-electron chi connectivity index (χ0n) is 22.9. The fraction of sp³-hybridized carbons (Fsp3) is 0. The van der Waals surface area contributed by atoms with E-state index in [4.69, 9.17) is 0 Å². The average Bonchev–Trinajstić information content (AvgIpc) is 3.08. The van der Waals surface area contributed by atoms with Gasteiger partial charge in [0.2, 0.25) is 0 Å². The van der Waals surface area contributed by atoms with Crippen molar-refractivity contribution >= 4 is 79.6 Å². The SMILES string of the molecule is [Se]=P(c1ccccc1)(c1ccccc1)c1ccc(-c2cc3c(ccc4c5ccccc5ccc43)c3ccccc23)cc1. The van der Waals surface area contributed by atoms with Crippen LogP contribution in [-0.4, -0.2) is 15.1 Å². The molecule has 0 spiro atoms. The van der Waals surface area contributed by atoms with Crippen LogP contribution in [0, 0.1) is 0 Å². The van der Waals surface area contributed by atoms with Gasteiger partial charge in [-0.3, -0.25) is 0 Å². The molecule has 0 aliphatic heterocycles. The van der Waals surface area contributed by atoms with Gasteiger partial charge in [-0.05, 0) is 0 Å². The van der Waals surface area contributed by atoms with Crippen LogP contribution in [0.4, 0.5) is 0 Å². The number of hydrogen-bond acceptors (Lipinski definition) is 0. The molecule has 0 aliphatic carbocycles. The maximum atomic E-state index is 3.70. The monoisotopic (exact) mass is 618 g/mol. The first kappa shape index (κ1) is 25.5. The molecule has 0 amide bonds. The second-order valence-corrected chi connectivity index (χ2v) is 17.1. The van der Waals surface area contributed by atoms with E-state index in [0.29, 0.717) is 0 Å². The van der Waals surface area contributed by atoms with Crippen molar-refractivity contribution in [3.63, 3.8) is 0 Å². The third-order valence-electron chi connectivity index (χ3n) is 8.55. The van der Waals surface area contributed by atoms with Crippen LogP contribution in [0.15, 0.2) is 164 Å². The van der Waals surface area contributed by atoms with Gasteiger partial charge in [-0.15, -0.1) is 0 Å². The van der Waals surface area contributed by atoms with Crippen LogP contribution in [0.25, 0.3) is 54.2 Å². The van der Waals surface area contributed by atoms with E-state index in [-0.39, 0.29) is 0 Å². The van der Waals surface area contributed by atoms with Crippen LogP contribution in [0.3, 0.4) is 0 Å². The Bertz CT molecular complexity index is 2260. The molecule has 0 atom stereocenters. The summed E-state index contributed by atoms with van der Waals surface area (Å²) in [4.78, 5) is 0. The van der Waals surface area contributed by atoms with Crippen molar-refractivity contribution in [1.29, 1.82) is 0 Å². The van der Waals surface area contributed by atoms with E-state index in [1.54, 1.807) is 0 Å². The summed E-state index contributed by atoms with van der Waals surface area (Å²) in [6.07, 6.45) is 0. The molecule has 0 saturated carbocycles. The predicted molar refractivity (Wildman–Crippen MR) is 186 cm³/mol. The van der Waals surface area contributed by atoms with Gasteiger partial charge in [0.25, 0.3) is 0 Å². The van der Waals surface area contributed by atoms with E-state index in [0.717, 1.165) is 0 Å². The Morgan fingerprint density at radius 1 is 0.333 bits per heavy atom. The van der Waals surface area contributed by atoms with Gasteiger partial charge in [-0.1, -0.05) is 18.2 Å². The summed E-state index contributed by atoms with van der Waals surface area (Å²) in [5.41, 5.74) is 0.604. The summed E-state index contributed by atoms with van der Waals surface area (Å²) >= 11 is 3.70. The summed E-state index contributed by atoms with van der Waals surface area (Å²) in [6, 6.07) is 60.3. The molecule has 8 aromatic carbocycles. The second kappa shape index (κ2) is 10.2. The Labute approximate surface area is 253 Å². The van der Waals surface area contributed by atoms with Gasteiger partial charge < -0.3 is 0 Å². The minimum absolute atomic E-state index is 1.24. The molecule has 2 heteroatoms. The molecule has 0 saturated heterocycles. The van der Waals surface area contributed by atoms with Crippen LogP contribution in [0.5, 0.6) is 0 Å². The zero-order chi connectivity index (χ0) is 28.1. The molecule has 0 aromatic heterocycles. The topological polar surface area (TPSA) is 0 Å². The molecule has 198 valence electrons.